The Kier molecular flexibility index (Phi) is 4.58. The van der Waals surface area contributed by atoms with E-state index in [0.29, 0.717) is 5.41 Å². The Balaban J connectivity index is 4.40. The molecule has 0 saturated heterocycles. The summed E-state index contributed by atoms with van der Waals surface area (Å²) in [6.07, 6.45) is 7.95. The first-order chi connectivity index (χ1) is 6.11. The average molecular weight is 220 g/mol. The summed E-state index contributed by atoms with van der Waals surface area (Å²) in [6, 6.07) is 0. The maximum Gasteiger partial charge on any atom is -0.0356 e. The zero-order chi connectivity index (χ0) is 11.5. The molecule has 0 fully saturated rings. The SMILES string of the molecule is CCC[SH](C)(C)(CC)CCC(C)(C)C. The normalized spacial score (nSPS) is 16.4. The van der Waals surface area contributed by atoms with Gasteiger partial charge in [0.25, 0.3) is 0 Å². The fraction of sp³-hybridized carbons (Fsp3) is 1.00. The maximum absolute atomic E-state index is 2.60. The molecular formula is C13H32S. The van der Waals surface area contributed by atoms with Crippen LogP contribution in [0.5, 0.6) is 0 Å². The fourth-order valence-electron chi connectivity index (χ4n) is 1.91. The first kappa shape index (κ1) is 14.3. The Labute approximate surface area is 92.1 Å². The molecule has 0 nitrogen and oxygen atoms in total. The van der Waals surface area contributed by atoms with Gasteiger partial charge in [-0.15, -0.1) is 0 Å². The van der Waals surface area contributed by atoms with E-state index in [4.69, 9.17) is 0 Å². The first-order valence-electron chi connectivity index (χ1n) is 6.11. The topological polar surface area (TPSA) is 0 Å². The molecule has 14 heavy (non-hydrogen) atoms. The molecule has 0 aliphatic heterocycles. The third-order valence-electron chi connectivity index (χ3n) is 3.69. The molecule has 0 spiro atoms. The minimum atomic E-state index is -1.30. The summed E-state index contributed by atoms with van der Waals surface area (Å²) in [6.45, 7) is 11.8. The smallest absolute Gasteiger partial charge is 0.0356 e. The van der Waals surface area contributed by atoms with Crippen LogP contribution in [0.25, 0.3) is 0 Å². The second-order valence-electron chi connectivity index (χ2n) is 7.09. The van der Waals surface area contributed by atoms with Gasteiger partial charge in [0.15, 0.2) is 0 Å². The summed E-state index contributed by atoms with van der Waals surface area (Å²) in [5.41, 5.74) is 0.512. The Bertz CT molecular complexity index is 174. The molecule has 0 N–H and O–H groups in total. The van der Waals surface area contributed by atoms with Gasteiger partial charge in [0.05, 0.1) is 0 Å². The predicted molar refractivity (Wildman–Crippen MR) is 75.5 cm³/mol. The second kappa shape index (κ2) is 4.47. The van der Waals surface area contributed by atoms with Crippen LogP contribution in [0.2, 0.25) is 0 Å². The Hall–Kier alpha value is 0.350. The lowest BCUT2D eigenvalue weighted by molar-refractivity contribution is 0.400. The highest BCUT2D eigenvalue weighted by Crippen LogP contribution is 2.64. The van der Waals surface area contributed by atoms with E-state index < -0.39 is 9.16 Å². The van der Waals surface area contributed by atoms with Gasteiger partial charge < -0.3 is 0 Å². The molecule has 0 unspecified atom stereocenters. The molecule has 0 aromatic heterocycles. The van der Waals surface area contributed by atoms with Crippen molar-refractivity contribution in [3.8, 4) is 0 Å². The average Bonchev–Trinajstić information content (AvgIpc) is 2.01. The molecule has 0 amide bonds. The highest BCUT2D eigenvalue weighted by Gasteiger charge is 2.29. The van der Waals surface area contributed by atoms with Crippen LogP contribution in [-0.4, -0.2) is 29.8 Å². The van der Waals surface area contributed by atoms with Gasteiger partial charge in [0.2, 0.25) is 0 Å². The van der Waals surface area contributed by atoms with Gasteiger partial charge in [-0.25, -0.2) is 0 Å². The quantitative estimate of drug-likeness (QED) is 0.660. The van der Waals surface area contributed by atoms with Gasteiger partial charge in [-0.05, 0) is 48.0 Å². The molecule has 0 aromatic rings. The van der Waals surface area contributed by atoms with Crippen molar-refractivity contribution in [2.24, 2.45) is 5.41 Å². The maximum atomic E-state index is 2.60. The van der Waals surface area contributed by atoms with Gasteiger partial charge in [0.1, 0.15) is 0 Å². The van der Waals surface area contributed by atoms with Gasteiger partial charge in [-0.3, -0.25) is 9.16 Å². The van der Waals surface area contributed by atoms with Gasteiger partial charge in [-0.2, -0.15) is 0 Å². The minimum Gasteiger partial charge on any atom is -0.288 e. The Morgan fingerprint density at radius 3 is 1.71 bits per heavy atom. The molecule has 0 heterocycles. The molecule has 0 aliphatic carbocycles. The zero-order valence-electron chi connectivity index (χ0n) is 11.5. The van der Waals surface area contributed by atoms with Crippen LogP contribution in [0, 0.1) is 5.41 Å². The highest BCUT2D eigenvalue weighted by atomic mass is 32.3. The Morgan fingerprint density at radius 2 is 1.43 bits per heavy atom. The van der Waals surface area contributed by atoms with Gasteiger partial charge in [0, 0.05) is 0 Å². The molecule has 0 saturated carbocycles. The van der Waals surface area contributed by atoms with Crippen LogP contribution >= 0.6 is 9.16 Å². The third-order valence-corrected chi connectivity index (χ3v) is 9.58. The van der Waals surface area contributed by atoms with E-state index in [0.717, 1.165) is 0 Å². The number of rotatable bonds is 5. The van der Waals surface area contributed by atoms with Crippen molar-refractivity contribution in [1.82, 2.24) is 0 Å². The van der Waals surface area contributed by atoms with Crippen molar-refractivity contribution in [3.63, 3.8) is 0 Å². The van der Waals surface area contributed by atoms with Crippen molar-refractivity contribution in [1.29, 1.82) is 0 Å². The minimum absolute atomic E-state index is 0.512. The fourth-order valence-corrected chi connectivity index (χ4v) is 5.73. The standard InChI is InChI=1S/C13H32S/c1-8-11-14(6,7,9-2)12-10-13(3,4)5/h14H,8-12H2,1-7H3. The lowest BCUT2D eigenvalue weighted by Crippen LogP contribution is -2.27. The molecule has 1 heteroatoms. The molecule has 0 bridgehead atoms. The molecule has 0 radical (unpaired) electrons. The van der Waals surface area contributed by atoms with E-state index >= 15 is 0 Å². The molecule has 0 atom stereocenters. The summed E-state index contributed by atoms with van der Waals surface area (Å²) in [5, 5.41) is 0. The van der Waals surface area contributed by atoms with Crippen molar-refractivity contribution >= 4 is 9.16 Å². The van der Waals surface area contributed by atoms with Crippen LogP contribution in [0.15, 0.2) is 0 Å². The summed E-state index contributed by atoms with van der Waals surface area (Å²) in [7, 11) is -1.30. The first-order valence-corrected chi connectivity index (χ1v) is 9.80. The molecule has 0 rings (SSSR count). The lowest BCUT2D eigenvalue weighted by atomic mass is 9.94. The zero-order valence-corrected chi connectivity index (χ0v) is 12.4. The monoisotopic (exact) mass is 220 g/mol. The number of thiol groups is 1. The summed E-state index contributed by atoms with van der Waals surface area (Å²) < 4.78 is 0. The summed E-state index contributed by atoms with van der Waals surface area (Å²) in [5.74, 6) is 4.40. The van der Waals surface area contributed by atoms with Crippen molar-refractivity contribution < 1.29 is 0 Å². The van der Waals surface area contributed by atoms with Crippen LogP contribution in [0.3, 0.4) is 0 Å². The number of hydrogen-bond donors (Lipinski definition) is 1. The summed E-state index contributed by atoms with van der Waals surface area (Å²) >= 11 is 0. The van der Waals surface area contributed by atoms with E-state index in [1.165, 1.54) is 30.1 Å². The largest absolute Gasteiger partial charge is 0.288 e. The molecule has 0 aliphatic rings. The van der Waals surface area contributed by atoms with E-state index in [-0.39, 0.29) is 0 Å². The Morgan fingerprint density at radius 1 is 0.929 bits per heavy atom. The van der Waals surface area contributed by atoms with Crippen LogP contribution in [0.1, 0.15) is 47.5 Å². The van der Waals surface area contributed by atoms with E-state index in [1.807, 2.05) is 0 Å². The number of hydrogen-bond acceptors (Lipinski definition) is 0. The summed E-state index contributed by atoms with van der Waals surface area (Å²) in [4.78, 5) is 0. The van der Waals surface area contributed by atoms with Crippen molar-refractivity contribution in [2.45, 2.75) is 47.5 Å². The van der Waals surface area contributed by atoms with Crippen LogP contribution in [-0.2, 0) is 0 Å². The van der Waals surface area contributed by atoms with Crippen LogP contribution in [0.4, 0.5) is 0 Å². The highest BCUT2D eigenvalue weighted by molar-refractivity contribution is 8.48. The van der Waals surface area contributed by atoms with Gasteiger partial charge in [-0.1, -0.05) is 34.6 Å². The molecular weight excluding hydrogens is 188 g/mol. The van der Waals surface area contributed by atoms with Crippen molar-refractivity contribution in [3.05, 3.63) is 0 Å². The van der Waals surface area contributed by atoms with Crippen molar-refractivity contribution in [2.75, 3.05) is 29.8 Å². The second-order valence-corrected chi connectivity index (χ2v) is 14.6. The van der Waals surface area contributed by atoms with E-state index in [1.54, 1.807) is 0 Å². The van der Waals surface area contributed by atoms with E-state index in [2.05, 4.69) is 47.1 Å². The third kappa shape index (κ3) is 5.29. The van der Waals surface area contributed by atoms with Crippen LogP contribution < -0.4 is 0 Å². The predicted octanol–water partition coefficient (Wildman–Crippen LogP) is 4.18. The molecule has 0 aromatic carbocycles. The lowest BCUT2D eigenvalue weighted by Gasteiger charge is -2.56. The van der Waals surface area contributed by atoms with Gasteiger partial charge >= 0.3 is 0 Å². The molecule has 90 valence electrons. The van der Waals surface area contributed by atoms with E-state index in [9.17, 15) is 0 Å².